The van der Waals surface area contributed by atoms with Crippen molar-refractivity contribution < 1.29 is 0 Å². The average Bonchev–Trinajstić information content (AvgIpc) is 3.92. The second-order valence-corrected chi connectivity index (χ2v) is 22.4. The highest BCUT2D eigenvalue weighted by atomic mass is 14.9. The van der Waals surface area contributed by atoms with Crippen LogP contribution in [0.3, 0.4) is 0 Å². The van der Waals surface area contributed by atoms with Crippen LogP contribution in [0.5, 0.6) is 0 Å². The fraction of sp³-hybridized carbons (Fsp3) is 0.673. The molecule has 11 saturated carbocycles. The van der Waals surface area contributed by atoms with Gasteiger partial charge in [0.05, 0.1) is 0 Å². The van der Waals surface area contributed by atoms with Crippen LogP contribution in [0.25, 0.3) is 0 Å². The summed E-state index contributed by atoms with van der Waals surface area (Å²) >= 11 is 0. The molecule has 244 valence electrons. The number of hydrogen-bond donors (Lipinski definition) is 0. The first kappa shape index (κ1) is 24.2. The van der Waals surface area contributed by atoms with Gasteiger partial charge in [0.1, 0.15) is 0 Å². The van der Waals surface area contributed by atoms with Crippen LogP contribution in [0.1, 0.15) is 55.2 Å². The molecule has 0 heteroatoms. The first-order valence-corrected chi connectivity index (χ1v) is 21.9. The van der Waals surface area contributed by atoms with Gasteiger partial charge in [-0.25, -0.2) is 0 Å². The zero-order valence-electron chi connectivity index (χ0n) is 28.9. The van der Waals surface area contributed by atoms with Crippen molar-refractivity contribution in [2.45, 2.75) is 58.3 Å². The van der Waals surface area contributed by atoms with E-state index in [1.54, 1.807) is 43.2 Å². The van der Waals surface area contributed by atoms with E-state index in [1.807, 2.05) is 16.7 Å². The average molecular weight is 637 g/mol. The standard InChI is InChI=1S/C49H48/c1-17-2-3-18-15-48-28-12-13-29-27-11-9-25-23-7-5-21-20-4-6-22-24-8-10-26(28)36-34(24)39-32(22)30(20)38-31(21)33(23)40-35(25)37(27)47(49(29,48)16-19(18)14-17)45-43(40)41(38)42(39)44(45)46(36)48/h2-3,9,11-14,20-25,30-36,38-46H,4-8,10,15-16H2,1H3. The lowest BCUT2D eigenvalue weighted by molar-refractivity contribution is -0.154. The molecule has 1 aromatic carbocycles. The quantitative estimate of drug-likeness (QED) is 0.266. The third kappa shape index (κ3) is 1.85. The highest BCUT2D eigenvalue weighted by molar-refractivity contribution is 5.75. The van der Waals surface area contributed by atoms with Gasteiger partial charge in [-0.05, 0) is 222 Å². The van der Waals surface area contributed by atoms with Crippen molar-refractivity contribution in [1.82, 2.24) is 0 Å². The molecule has 0 heterocycles. The number of hydrogen-bond acceptors (Lipinski definition) is 0. The summed E-state index contributed by atoms with van der Waals surface area (Å²) in [5, 5.41) is 0. The van der Waals surface area contributed by atoms with Gasteiger partial charge in [0.2, 0.25) is 0 Å². The number of fused-ring (bicyclic) bond motifs is 4. The number of benzene rings is 1. The topological polar surface area (TPSA) is 0 Å². The minimum absolute atomic E-state index is 0.262. The lowest BCUT2D eigenvalue weighted by Gasteiger charge is -2.69. The summed E-state index contributed by atoms with van der Waals surface area (Å²) in [6, 6.07) is 7.82. The molecule has 18 rings (SSSR count). The van der Waals surface area contributed by atoms with Crippen LogP contribution < -0.4 is 0 Å². The van der Waals surface area contributed by atoms with Gasteiger partial charge in [-0.3, -0.25) is 0 Å². The highest BCUT2D eigenvalue weighted by Crippen LogP contribution is 2.94. The maximum Gasteiger partial charge on any atom is 0.0320 e. The summed E-state index contributed by atoms with van der Waals surface area (Å²) in [7, 11) is 0. The molecule has 49 heavy (non-hydrogen) atoms. The second kappa shape index (κ2) is 6.66. The molecule has 1 aromatic rings. The van der Waals surface area contributed by atoms with E-state index in [0.717, 1.165) is 130 Å². The van der Waals surface area contributed by atoms with Crippen molar-refractivity contribution in [1.29, 1.82) is 0 Å². The van der Waals surface area contributed by atoms with E-state index in [9.17, 15) is 0 Å². The molecule has 17 aliphatic rings. The fourth-order valence-corrected chi connectivity index (χ4v) is 24.3. The minimum atomic E-state index is 0.262. The van der Waals surface area contributed by atoms with E-state index >= 15 is 0 Å². The molecular weight excluding hydrogens is 589 g/mol. The van der Waals surface area contributed by atoms with E-state index in [4.69, 9.17) is 0 Å². The Morgan fingerprint density at radius 2 is 1.27 bits per heavy atom. The number of aryl methyl sites for hydroxylation is 1. The Labute approximate surface area is 291 Å². The summed E-state index contributed by atoms with van der Waals surface area (Å²) in [5.74, 6) is 23.2. The molecule has 0 bridgehead atoms. The minimum Gasteiger partial charge on any atom is -0.0799 e. The molecule has 0 N–H and O–H groups in total. The zero-order chi connectivity index (χ0) is 30.5. The Kier molecular flexibility index (Phi) is 3.29. The van der Waals surface area contributed by atoms with Gasteiger partial charge in [0.15, 0.2) is 0 Å². The van der Waals surface area contributed by atoms with Crippen LogP contribution in [0, 0.1) is 148 Å². The third-order valence-electron chi connectivity index (χ3n) is 23.3. The van der Waals surface area contributed by atoms with Gasteiger partial charge in [-0.15, -0.1) is 0 Å². The van der Waals surface area contributed by atoms with Crippen LogP contribution in [-0.2, 0) is 12.8 Å². The van der Waals surface area contributed by atoms with Gasteiger partial charge in [-0.1, -0.05) is 59.2 Å². The fourth-order valence-electron chi connectivity index (χ4n) is 24.3. The maximum atomic E-state index is 2.92. The molecule has 0 saturated heterocycles. The first-order chi connectivity index (χ1) is 24.2. The van der Waals surface area contributed by atoms with E-state index in [0.29, 0.717) is 5.41 Å². The van der Waals surface area contributed by atoms with E-state index in [2.05, 4.69) is 66.1 Å². The molecule has 24 unspecified atom stereocenters. The molecule has 0 aromatic heterocycles. The van der Waals surface area contributed by atoms with Crippen molar-refractivity contribution in [3.8, 4) is 0 Å². The van der Waals surface area contributed by atoms with Crippen molar-refractivity contribution in [2.24, 2.45) is 141 Å². The summed E-state index contributed by atoms with van der Waals surface area (Å²) < 4.78 is 0. The van der Waals surface area contributed by atoms with Crippen LogP contribution in [0.4, 0.5) is 0 Å². The molecular formula is C49H48. The zero-order valence-corrected chi connectivity index (χ0v) is 28.9. The Morgan fingerprint density at radius 1 is 0.571 bits per heavy atom. The van der Waals surface area contributed by atoms with Crippen LogP contribution in [-0.4, -0.2) is 0 Å². The first-order valence-electron chi connectivity index (χ1n) is 21.9. The Hall–Kier alpha value is -2.08. The Bertz CT molecular complexity index is 2180. The van der Waals surface area contributed by atoms with E-state index in [-0.39, 0.29) is 5.41 Å². The van der Waals surface area contributed by atoms with Crippen LogP contribution >= 0.6 is 0 Å². The van der Waals surface area contributed by atoms with Crippen molar-refractivity contribution in [3.05, 3.63) is 92.6 Å². The molecule has 0 amide bonds. The third-order valence-corrected chi connectivity index (χ3v) is 23.3. The molecule has 0 aliphatic heterocycles. The molecule has 2 spiro atoms. The van der Waals surface area contributed by atoms with Crippen molar-refractivity contribution in [3.63, 3.8) is 0 Å². The largest absolute Gasteiger partial charge is 0.0799 e. The lowest BCUT2D eigenvalue weighted by atomic mass is 9.33. The van der Waals surface area contributed by atoms with E-state index < -0.39 is 0 Å². The predicted molar refractivity (Wildman–Crippen MR) is 187 cm³/mol. The lowest BCUT2D eigenvalue weighted by Crippen LogP contribution is -2.65. The van der Waals surface area contributed by atoms with Gasteiger partial charge < -0.3 is 0 Å². The Morgan fingerprint density at radius 3 is 2.12 bits per heavy atom. The summed E-state index contributed by atoms with van der Waals surface area (Å²) in [6.45, 7) is 2.38. The smallest absolute Gasteiger partial charge is 0.0320 e. The summed E-state index contributed by atoms with van der Waals surface area (Å²) in [4.78, 5) is 0. The monoisotopic (exact) mass is 636 g/mol. The number of rotatable bonds is 0. The van der Waals surface area contributed by atoms with Crippen molar-refractivity contribution >= 4 is 0 Å². The Balaban J connectivity index is 1.06. The SMILES string of the molecule is Cc1ccc2c(c1)CC13C4=C5C=CC6C7CCC8C9CCC%10C%11CCC%12=C(C=C4)C1(C2)C1C%12C%11C2C%10C9C4C8C7C7C6C5=C3C3C7C4C2C31. The van der Waals surface area contributed by atoms with Gasteiger partial charge in [0.25, 0.3) is 0 Å². The molecule has 24 atom stereocenters. The van der Waals surface area contributed by atoms with Crippen LogP contribution in [0.15, 0.2) is 75.9 Å². The highest BCUT2D eigenvalue weighted by Gasteiger charge is 2.89. The maximum absolute atomic E-state index is 2.92. The normalized spacial score (nSPS) is 67.6. The van der Waals surface area contributed by atoms with E-state index in [1.165, 1.54) is 24.8 Å². The second-order valence-electron chi connectivity index (χ2n) is 22.4. The molecule has 11 fully saturated rings. The molecule has 0 radical (unpaired) electrons. The van der Waals surface area contributed by atoms with Gasteiger partial charge in [-0.2, -0.15) is 0 Å². The van der Waals surface area contributed by atoms with Crippen LogP contribution in [0.2, 0.25) is 0 Å². The van der Waals surface area contributed by atoms with Gasteiger partial charge >= 0.3 is 0 Å². The predicted octanol–water partition coefficient (Wildman–Crippen LogP) is 9.18. The van der Waals surface area contributed by atoms with Gasteiger partial charge in [0, 0.05) is 10.8 Å². The molecule has 0 nitrogen and oxygen atoms in total. The van der Waals surface area contributed by atoms with Crippen molar-refractivity contribution in [2.75, 3.05) is 0 Å². The summed E-state index contributed by atoms with van der Waals surface area (Å²) in [6.07, 6.45) is 23.7. The molecule has 17 aliphatic carbocycles. The number of allylic oxidation sites excluding steroid dienone is 10. The summed E-state index contributed by atoms with van der Waals surface area (Å²) in [5.41, 5.74) is 17.7.